The molecule has 0 radical (unpaired) electrons. The second-order valence-corrected chi connectivity index (χ2v) is 7.26. The van der Waals surface area contributed by atoms with E-state index in [9.17, 15) is 18.8 Å². The second kappa shape index (κ2) is 9.46. The number of urea groups is 1. The van der Waals surface area contributed by atoms with Gasteiger partial charge in [0.2, 0.25) is 0 Å². The van der Waals surface area contributed by atoms with Crippen molar-refractivity contribution in [1.29, 1.82) is 0 Å². The normalized spacial score (nSPS) is 12.7. The van der Waals surface area contributed by atoms with Gasteiger partial charge in [0.25, 0.3) is 5.91 Å². The lowest BCUT2D eigenvalue weighted by molar-refractivity contribution is -0.123. The molecule has 2 heterocycles. The number of ether oxygens (including phenoxy) is 1. The van der Waals surface area contributed by atoms with E-state index in [0.29, 0.717) is 17.9 Å². The first kappa shape index (κ1) is 21.3. The summed E-state index contributed by atoms with van der Waals surface area (Å²) < 4.78 is 25.1. The molecule has 166 valence electrons. The van der Waals surface area contributed by atoms with Crippen LogP contribution in [0.1, 0.15) is 40.3 Å². The summed E-state index contributed by atoms with van der Waals surface area (Å²) in [6.45, 7) is -0.524. The van der Waals surface area contributed by atoms with Crippen LogP contribution in [-0.4, -0.2) is 34.3 Å². The number of hydrogen-bond donors (Lipinski definition) is 2. The van der Waals surface area contributed by atoms with Crippen LogP contribution < -0.4 is 10.6 Å². The van der Waals surface area contributed by atoms with Crippen molar-refractivity contribution in [2.45, 2.75) is 32.2 Å². The fourth-order valence-electron chi connectivity index (χ4n) is 3.55. The van der Waals surface area contributed by atoms with E-state index in [1.807, 2.05) is 0 Å². The highest BCUT2D eigenvalue weighted by atomic mass is 19.1. The number of nitrogens with zero attached hydrogens (tertiary/aromatic N) is 2. The first-order valence-corrected chi connectivity index (χ1v) is 10.1. The maximum atomic E-state index is 13.3. The topological polar surface area (TPSA) is 115 Å². The molecule has 1 aliphatic rings. The van der Waals surface area contributed by atoms with Crippen molar-refractivity contribution in [3.8, 4) is 5.69 Å². The van der Waals surface area contributed by atoms with E-state index in [4.69, 9.17) is 9.15 Å². The molecule has 9 nitrogen and oxygen atoms in total. The highest BCUT2D eigenvalue weighted by molar-refractivity contribution is 5.97. The third-order valence-electron chi connectivity index (χ3n) is 5.04. The van der Waals surface area contributed by atoms with Gasteiger partial charge >= 0.3 is 12.0 Å². The Bertz CT molecular complexity index is 1120. The monoisotopic (exact) mass is 440 g/mol. The summed E-state index contributed by atoms with van der Waals surface area (Å²) in [5.74, 6) is -1.37. The van der Waals surface area contributed by atoms with E-state index in [1.165, 1.54) is 18.4 Å². The van der Waals surface area contributed by atoms with Gasteiger partial charge in [-0.3, -0.25) is 10.1 Å². The lowest BCUT2D eigenvalue weighted by Gasteiger charge is -2.14. The number of esters is 1. The van der Waals surface area contributed by atoms with Crippen LogP contribution in [0.15, 0.2) is 47.1 Å². The molecule has 1 aromatic carbocycles. The number of fused-ring (bicyclic) bond motifs is 1. The van der Waals surface area contributed by atoms with Gasteiger partial charge < -0.3 is 14.5 Å². The minimum atomic E-state index is -0.776. The SMILES string of the molecule is O=C(COC(=O)c1nn(-c2ccc(F)cc2)c2c1CCCC2)NC(=O)NCc1ccco1. The van der Waals surface area contributed by atoms with Crippen molar-refractivity contribution < 1.29 is 27.9 Å². The third kappa shape index (κ3) is 4.85. The van der Waals surface area contributed by atoms with Gasteiger partial charge in [-0.05, 0) is 62.1 Å². The molecule has 3 amide bonds. The molecule has 0 atom stereocenters. The molecule has 1 aliphatic carbocycles. The first-order valence-electron chi connectivity index (χ1n) is 10.1. The van der Waals surface area contributed by atoms with Gasteiger partial charge in [0.15, 0.2) is 12.3 Å². The highest BCUT2D eigenvalue weighted by Crippen LogP contribution is 2.27. The van der Waals surface area contributed by atoms with E-state index in [2.05, 4.69) is 15.7 Å². The van der Waals surface area contributed by atoms with E-state index >= 15 is 0 Å². The number of furan rings is 1. The lowest BCUT2D eigenvalue weighted by Crippen LogP contribution is -2.41. The van der Waals surface area contributed by atoms with Gasteiger partial charge in [0, 0.05) is 11.3 Å². The molecule has 2 N–H and O–H groups in total. The highest BCUT2D eigenvalue weighted by Gasteiger charge is 2.27. The van der Waals surface area contributed by atoms with Crippen molar-refractivity contribution in [2.24, 2.45) is 0 Å². The Hall–Kier alpha value is -3.95. The summed E-state index contributed by atoms with van der Waals surface area (Å²) in [6.07, 6.45) is 4.70. The molecule has 0 fully saturated rings. The van der Waals surface area contributed by atoms with Crippen molar-refractivity contribution in [1.82, 2.24) is 20.4 Å². The van der Waals surface area contributed by atoms with Crippen LogP contribution >= 0.6 is 0 Å². The lowest BCUT2D eigenvalue weighted by atomic mass is 9.95. The average molecular weight is 440 g/mol. The van der Waals surface area contributed by atoms with Gasteiger partial charge in [0.05, 0.1) is 18.5 Å². The Kier molecular flexibility index (Phi) is 6.29. The summed E-state index contributed by atoms with van der Waals surface area (Å²) in [7, 11) is 0. The van der Waals surface area contributed by atoms with Crippen LogP contribution in [-0.2, 0) is 28.9 Å². The van der Waals surface area contributed by atoms with Crippen molar-refractivity contribution in [3.63, 3.8) is 0 Å². The molecule has 3 aromatic rings. The molecular formula is C22H21FN4O5. The first-order chi connectivity index (χ1) is 15.5. The van der Waals surface area contributed by atoms with E-state index in [-0.39, 0.29) is 18.1 Å². The summed E-state index contributed by atoms with van der Waals surface area (Å²) in [4.78, 5) is 36.4. The van der Waals surface area contributed by atoms with Crippen LogP contribution in [0.3, 0.4) is 0 Å². The van der Waals surface area contributed by atoms with Crippen molar-refractivity contribution in [3.05, 3.63) is 71.2 Å². The van der Waals surface area contributed by atoms with Crippen molar-refractivity contribution in [2.75, 3.05) is 6.61 Å². The zero-order valence-corrected chi connectivity index (χ0v) is 17.1. The largest absolute Gasteiger partial charge is 0.467 e. The van der Waals surface area contributed by atoms with Crippen LogP contribution in [0.25, 0.3) is 5.69 Å². The van der Waals surface area contributed by atoms with Crippen LogP contribution in [0.4, 0.5) is 9.18 Å². The summed E-state index contributed by atoms with van der Waals surface area (Å²) in [5, 5.41) is 8.92. The summed E-state index contributed by atoms with van der Waals surface area (Å²) in [5.41, 5.74) is 2.40. The van der Waals surface area contributed by atoms with Gasteiger partial charge in [-0.15, -0.1) is 0 Å². The molecule has 0 unspecified atom stereocenters. The average Bonchev–Trinajstić information content (AvgIpc) is 3.45. The number of halogens is 1. The van der Waals surface area contributed by atoms with E-state index < -0.39 is 24.5 Å². The minimum absolute atomic E-state index is 0.110. The number of carbonyl (C=O) groups is 3. The summed E-state index contributed by atoms with van der Waals surface area (Å²) in [6, 6.07) is 8.44. The molecule has 0 spiro atoms. The standard InChI is InChI=1S/C22H21FN4O5/c23-14-7-9-15(10-8-14)27-18-6-2-1-5-17(18)20(26-27)21(29)32-13-19(28)25-22(30)24-12-16-4-3-11-31-16/h3-4,7-11H,1-2,5-6,12-13H2,(H2,24,25,28,30). The molecule has 10 heteroatoms. The van der Waals surface area contributed by atoms with E-state index in [1.54, 1.807) is 28.9 Å². The smallest absolute Gasteiger partial charge is 0.359 e. The Balaban J connectivity index is 1.38. The maximum Gasteiger partial charge on any atom is 0.359 e. The van der Waals surface area contributed by atoms with Gasteiger partial charge in [-0.25, -0.2) is 18.7 Å². The Morgan fingerprint density at radius 1 is 1.12 bits per heavy atom. The number of imide groups is 1. The van der Waals surface area contributed by atoms with Gasteiger partial charge in [-0.1, -0.05) is 0 Å². The zero-order chi connectivity index (χ0) is 22.5. The molecule has 0 bridgehead atoms. The molecular weight excluding hydrogens is 419 g/mol. The molecule has 0 saturated carbocycles. The van der Waals surface area contributed by atoms with Crippen LogP contribution in [0, 0.1) is 5.82 Å². The Labute approximate surface area is 182 Å². The van der Waals surface area contributed by atoms with E-state index in [0.717, 1.165) is 30.5 Å². The number of amides is 3. The number of hydrogen-bond acceptors (Lipinski definition) is 6. The fourth-order valence-corrected chi connectivity index (χ4v) is 3.55. The Morgan fingerprint density at radius 3 is 2.66 bits per heavy atom. The molecule has 32 heavy (non-hydrogen) atoms. The third-order valence-corrected chi connectivity index (χ3v) is 5.04. The number of aromatic nitrogens is 2. The molecule has 0 aliphatic heterocycles. The molecule has 0 saturated heterocycles. The number of nitrogens with one attached hydrogen (secondary N) is 2. The predicted octanol–water partition coefficient (Wildman–Crippen LogP) is 2.67. The number of rotatable bonds is 6. The van der Waals surface area contributed by atoms with Gasteiger partial charge in [-0.2, -0.15) is 5.10 Å². The molecule has 2 aromatic heterocycles. The predicted molar refractivity (Wildman–Crippen MR) is 110 cm³/mol. The van der Waals surface area contributed by atoms with Crippen LogP contribution in [0.2, 0.25) is 0 Å². The second-order valence-electron chi connectivity index (χ2n) is 7.26. The number of benzene rings is 1. The minimum Gasteiger partial charge on any atom is -0.467 e. The quantitative estimate of drug-likeness (QED) is 0.570. The van der Waals surface area contributed by atoms with Crippen molar-refractivity contribution >= 4 is 17.9 Å². The van der Waals surface area contributed by atoms with Crippen LogP contribution in [0.5, 0.6) is 0 Å². The molecule has 4 rings (SSSR count). The summed E-state index contributed by atoms with van der Waals surface area (Å²) >= 11 is 0. The fraction of sp³-hybridized carbons (Fsp3) is 0.273. The zero-order valence-electron chi connectivity index (χ0n) is 17.1. The van der Waals surface area contributed by atoms with Gasteiger partial charge in [0.1, 0.15) is 11.6 Å². The number of carbonyl (C=O) groups excluding carboxylic acids is 3. The maximum absolute atomic E-state index is 13.3. The Morgan fingerprint density at radius 2 is 1.91 bits per heavy atom.